The van der Waals surface area contributed by atoms with Gasteiger partial charge in [0, 0.05) is 0 Å². The van der Waals surface area contributed by atoms with Crippen molar-refractivity contribution in [1.82, 2.24) is 0 Å². The Morgan fingerprint density at radius 2 is 1.67 bits per heavy atom. The summed E-state index contributed by atoms with van der Waals surface area (Å²) in [6, 6.07) is 0. The molecule has 0 aliphatic rings. The molecule has 0 aliphatic carbocycles. The van der Waals surface area contributed by atoms with Crippen LogP contribution in [0.15, 0.2) is 0 Å². The van der Waals surface area contributed by atoms with Crippen LogP contribution in [0.1, 0.15) is 0 Å². The van der Waals surface area contributed by atoms with Crippen LogP contribution in [0.2, 0.25) is 0 Å². The normalized spacial score (nSPS) is 3.17. The van der Waals surface area contributed by atoms with E-state index >= 15 is 0 Å². The maximum atomic E-state index is 8.50. The molecule has 0 amide bonds. The Hall–Kier alpha value is -0.00169. The summed E-state index contributed by atoms with van der Waals surface area (Å²) < 4.78 is 17.0. The Labute approximate surface area is 48.9 Å². The van der Waals surface area contributed by atoms with Gasteiger partial charge in [-0.05, 0) is 0 Å². The van der Waals surface area contributed by atoms with Gasteiger partial charge in [-0.2, -0.15) is 0 Å². The van der Waals surface area contributed by atoms with Crippen LogP contribution < -0.4 is 0 Å². The van der Waals surface area contributed by atoms with Crippen LogP contribution in [-0.4, -0.2) is 0 Å². The summed E-state index contributed by atoms with van der Waals surface area (Å²) in [6.07, 6.45) is 0. The van der Waals surface area contributed by atoms with Crippen molar-refractivity contribution in [2.45, 2.75) is 0 Å². The predicted octanol–water partition coefficient (Wildman–Crippen LogP) is -0.226. The van der Waals surface area contributed by atoms with E-state index in [0.29, 0.717) is 0 Å². The van der Waals surface area contributed by atoms with Crippen LogP contribution >= 0.6 is 0 Å². The summed E-state index contributed by atoms with van der Waals surface area (Å²) in [4.78, 5) is 0. The van der Waals surface area contributed by atoms with E-state index in [2.05, 4.69) is 12.6 Å². The average molecular weight is 186 g/mol. The summed E-state index contributed by atoms with van der Waals surface area (Å²) >= 11 is 1.67. The molecule has 0 fully saturated rings. The molecule has 0 aromatic heterocycles. The van der Waals surface area contributed by atoms with Gasteiger partial charge in [0.25, 0.3) is 0 Å². The Kier molecular flexibility index (Phi) is 31.3. The molecule has 0 radical (unpaired) electrons. The minimum absolute atomic E-state index is 1.33. The number of hydrogen-bond acceptors (Lipinski definition) is 4. The molecular formula is CMoNO2S-. The third kappa shape index (κ3) is 12600000. The zero-order valence-electron chi connectivity index (χ0n) is 2.58. The fourth-order valence-electron chi connectivity index (χ4n) is 0. The van der Waals surface area contributed by atoms with Gasteiger partial charge in [0.05, 0.1) is 0 Å². The molecule has 3 nitrogen and oxygen atoms in total. The third-order valence-electron chi connectivity index (χ3n) is 0. The van der Waals surface area contributed by atoms with Gasteiger partial charge in [-0.3, -0.25) is 0 Å². The van der Waals surface area contributed by atoms with E-state index in [-0.39, 0.29) is 0 Å². The van der Waals surface area contributed by atoms with Crippen molar-refractivity contribution in [1.29, 1.82) is 5.26 Å². The van der Waals surface area contributed by atoms with Crippen LogP contribution in [0.3, 0.4) is 0 Å². The summed E-state index contributed by atoms with van der Waals surface area (Å²) in [5, 5.41) is 8.47. The van der Waals surface area contributed by atoms with E-state index in [9.17, 15) is 0 Å². The first kappa shape index (κ1) is 9.37. The van der Waals surface area contributed by atoms with Gasteiger partial charge in [0.15, 0.2) is 0 Å². The van der Waals surface area contributed by atoms with E-state index in [1.54, 1.807) is 0 Å². The Morgan fingerprint density at radius 1 is 1.67 bits per heavy atom. The topological polar surface area (TPSA) is 57.9 Å². The number of nitriles is 1. The molecule has 6 heavy (non-hydrogen) atoms. The maximum absolute atomic E-state index is 8.50. The molecule has 0 unspecified atom stereocenters. The van der Waals surface area contributed by atoms with Crippen LogP contribution in [0, 0.1) is 10.7 Å². The SMILES string of the molecule is N#C[S-].[O]=[Mo]=[O]. The van der Waals surface area contributed by atoms with Crippen molar-refractivity contribution in [2.75, 3.05) is 0 Å². The molecule has 0 aromatic carbocycles. The van der Waals surface area contributed by atoms with Crippen molar-refractivity contribution in [3.8, 4) is 5.40 Å². The number of nitrogens with zero attached hydrogens (tertiary/aromatic N) is 1. The minimum atomic E-state index is -2.03. The first-order chi connectivity index (χ1) is 2.83. The standard InChI is InChI=1S/CHNS.Mo.2O/c2-1-3;;;/h3H;;;/p-1. The monoisotopic (exact) mass is 188 g/mol. The molecule has 0 heterocycles. The molecule has 0 N–H and O–H groups in total. The Balaban J connectivity index is 0. The summed E-state index contributed by atoms with van der Waals surface area (Å²) in [7, 11) is 0. The predicted molar refractivity (Wildman–Crippen MR) is 14.4 cm³/mol. The molecule has 0 aliphatic heterocycles. The van der Waals surface area contributed by atoms with Crippen molar-refractivity contribution in [3.63, 3.8) is 0 Å². The van der Waals surface area contributed by atoms with E-state index < -0.39 is 18.5 Å². The Morgan fingerprint density at radius 3 is 1.67 bits per heavy atom. The number of thiocyanates is 1. The summed E-state index contributed by atoms with van der Waals surface area (Å²) in [5.41, 5.74) is 0. The van der Waals surface area contributed by atoms with Gasteiger partial charge < -0.3 is 12.6 Å². The molecular weight excluding hydrogens is 186 g/mol. The third-order valence-corrected chi connectivity index (χ3v) is 0. The Bertz CT molecular complexity index is 80.0. The fourth-order valence-corrected chi connectivity index (χ4v) is 0. The zero-order chi connectivity index (χ0) is 5.41. The van der Waals surface area contributed by atoms with E-state index in [1.807, 2.05) is 0 Å². The summed E-state index contributed by atoms with van der Waals surface area (Å²) in [6.45, 7) is 0. The van der Waals surface area contributed by atoms with E-state index in [4.69, 9.17) is 12.1 Å². The van der Waals surface area contributed by atoms with Gasteiger partial charge in [0.1, 0.15) is 0 Å². The van der Waals surface area contributed by atoms with Gasteiger partial charge in [-0.25, -0.2) is 5.26 Å². The van der Waals surface area contributed by atoms with Crippen LogP contribution in [0.25, 0.3) is 0 Å². The van der Waals surface area contributed by atoms with Crippen molar-refractivity contribution in [3.05, 3.63) is 0 Å². The second-order valence-corrected chi connectivity index (χ2v) is 0.676. The van der Waals surface area contributed by atoms with Crippen LogP contribution in [0.5, 0.6) is 0 Å². The zero-order valence-corrected chi connectivity index (χ0v) is 5.40. The number of rotatable bonds is 0. The first-order valence-corrected chi connectivity index (χ1v) is 2.81. The fraction of sp³-hybridized carbons (Fsp3) is 0. The quantitative estimate of drug-likeness (QED) is 0.298. The van der Waals surface area contributed by atoms with Crippen molar-refractivity contribution >= 4 is 12.6 Å². The average Bonchev–Trinajstić information content (AvgIpc) is 1.39. The van der Waals surface area contributed by atoms with Gasteiger partial charge in [-0.1, -0.05) is 5.40 Å². The van der Waals surface area contributed by atoms with Crippen LogP contribution in [-0.2, 0) is 37.9 Å². The van der Waals surface area contributed by atoms with Gasteiger partial charge >= 0.3 is 25.3 Å². The van der Waals surface area contributed by atoms with Gasteiger partial charge in [-0.15, -0.1) is 0 Å². The number of hydrogen-bond donors (Lipinski definition) is 0. The molecule has 0 rings (SSSR count). The van der Waals surface area contributed by atoms with Crippen molar-refractivity contribution in [2.24, 2.45) is 0 Å². The second-order valence-electron chi connectivity index (χ2n) is 0.159. The van der Waals surface area contributed by atoms with Crippen molar-refractivity contribution < 1.29 is 25.3 Å². The second kappa shape index (κ2) is 20.0. The molecule has 0 atom stereocenters. The van der Waals surface area contributed by atoms with E-state index in [0.717, 1.165) is 0 Å². The summed E-state index contributed by atoms with van der Waals surface area (Å²) in [5.74, 6) is 0. The van der Waals surface area contributed by atoms with Crippen LogP contribution in [0.4, 0.5) is 0 Å². The first-order valence-electron chi connectivity index (χ1n) is 0.761. The van der Waals surface area contributed by atoms with Gasteiger partial charge in [0.2, 0.25) is 0 Å². The van der Waals surface area contributed by atoms with E-state index in [1.165, 1.54) is 5.40 Å². The molecule has 0 bridgehead atoms. The molecule has 0 saturated carbocycles. The molecule has 5 heteroatoms. The molecule has 0 aromatic rings. The molecule has 0 spiro atoms. The molecule has 34 valence electrons. The molecule has 0 saturated heterocycles.